The molecule has 1 aromatic heterocycles. The number of aliphatic hydroxyl groups excluding tert-OH is 1. The van der Waals surface area contributed by atoms with Crippen LogP contribution in [0.4, 0.5) is 4.39 Å². The molecule has 1 unspecified atom stereocenters. The third-order valence-corrected chi connectivity index (χ3v) is 5.58. The molecule has 1 atom stereocenters. The van der Waals surface area contributed by atoms with Gasteiger partial charge in [-0.3, -0.25) is 4.90 Å². The second-order valence-electron chi connectivity index (χ2n) is 8.31. The summed E-state index contributed by atoms with van der Waals surface area (Å²) in [5.41, 5.74) is 2.66. The number of hydrogen-bond acceptors (Lipinski definition) is 5. The van der Waals surface area contributed by atoms with Gasteiger partial charge in [-0.1, -0.05) is 24.3 Å². The minimum Gasteiger partial charge on any atom is -0.439 e. The van der Waals surface area contributed by atoms with E-state index < -0.39 is 6.10 Å². The van der Waals surface area contributed by atoms with Gasteiger partial charge in [0, 0.05) is 19.1 Å². The quantitative estimate of drug-likeness (QED) is 0.321. The molecule has 7 heteroatoms. The van der Waals surface area contributed by atoms with E-state index in [9.17, 15) is 9.50 Å². The van der Waals surface area contributed by atoms with Crippen molar-refractivity contribution in [1.82, 2.24) is 14.7 Å². The van der Waals surface area contributed by atoms with Gasteiger partial charge in [0.2, 0.25) is 5.88 Å². The molecule has 1 aliphatic carbocycles. The number of aromatic nitrogens is 2. The molecule has 0 spiro atoms. The third kappa shape index (κ3) is 6.07. The van der Waals surface area contributed by atoms with E-state index in [4.69, 9.17) is 14.6 Å². The summed E-state index contributed by atoms with van der Waals surface area (Å²) in [6.07, 6.45) is 3.27. The fraction of sp³-hybridized carbons (Fsp3) is 0.346. The van der Waals surface area contributed by atoms with Crippen molar-refractivity contribution in [3.05, 3.63) is 84.3 Å². The van der Waals surface area contributed by atoms with E-state index in [0.717, 1.165) is 29.8 Å². The number of halogens is 1. The topological polar surface area (TPSA) is 59.8 Å². The maximum atomic E-state index is 13.4. The summed E-state index contributed by atoms with van der Waals surface area (Å²) in [4.78, 5) is 2.26. The maximum Gasteiger partial charge on any atom is 0.227 e. The van der Waals surface area contributed by atoms with Gasteiger partial charge in [-0.2, -0.15) is 5.10 Å². The molecule has 2 aromatic carbocycles. The smallest absolute Gasteiger partial charge is 0.227 e. The number of hydrogen-bond donors (Lipinski definition) is 1. The Hall–Kier alpha value is -3.00. The molecule has 0 aliphatic heterocycles. The SMILES string of the molecule is C=CCOCC(O)CN(Cc1c(C)nn(-c2ccccc2)c1Oc1ccc(F)cc1)C1CC1. The Morgan fingerprint density at radius 3 is 2.61 bits per heavy atom. The lowest BCUT2D eigenvalue weighted by Gasteiger charge is -2.25. The Balaban J connectivity index is 1.62. The molecule has 0 bridgehead atoms. The number of rotatable bonds is 12. The van der Waals surface area contributed by atoms with Gasteiger partial charge in [0.05, 0.1) is 36.3 Å². The fourth-order valence-electron chi connectivity index (χ4n) is 3.78. The Kier molecular flexibility index (Phi) is 7.54. The van der Waals surface area contributed by atoms with E-state index in [2.05, 4.69) is 11.5 Å². The van der Waals surface area contributed by atoms with Crippen LogP contribution in [0, 0.1) is 12.7 Å². The van der Waals surface area contributed by atoms with E-state index in [0.29, 0.717) is 37.4 Å². The largest absolute Gasteiger partial charge is 0.439 e. The first kappa shape index (κ1) is 23.2. The van der Waals surface area contributed by atoms with E-state index in [1.54, 1.807) is 22.9 Å². The summed E-state index contributed by atoms with van der Waals surface area (Å²) in [6, 6.07) is 16.2. The first-order chi connectivity index (χ1) is 16.0. The molecule has 3 aromatic rings. The minimum atomic E-state index is -0.600. The molecule has 0 saturated heterocycles. The fourth-order valence-corrected chi connectivity index (χ4v) is 3.78. The Morgan fingerprint density at radius 2 is 1.94 bits per heavy atom. The minimum absolute atomic E-state index is 0.260. The summed E-state index contributed by atoms with van der Waals surface area (Å²) in [5.74, 6) is 0.807. The van der Waals surface area contributed by atoms with Crippen molar-refractivity contribution in [2.24, 2.45) is 0 Å². The lowest BCUT2D eigenvalue weighted by atomic mass is 10.2. The number of ether oxygens (including phenoxy) is 2. The van der Waals surface area contributed by atoms with Crippen molar-refractivity contribution in [1.29, 1.82) is 0 Å². The molecule has 1 fully saturated rings. The first-order valence-electron chi connectivity index (χ1n) is 11.2. The van der Waals surface area contributed by atoms with Gasteiger partial charge in [-0.15, -0.1) is 6.58 Å². The molecule has 33 heavy (non-hydrogen) atoms. The monoisotopic (exact) mass is 451 g/mol. The Labute approximate surface area is 193 Å². The summed E-state index contributed by atoms with van der Waals surface area (Å²) in [7, 11) is 0. The zero-order chi connectivity index (χ0) is 23.2. The zero-order valence-corrected chi connectivity index (χ0v) is 18.9. The van der Waals surface area contributed by atoms with Crippen LogP contribution < -0.4 is 4.74 Å². The summed E-state index contributed by atoms with van der Waals surface area (Å²) >= 11 is 0. The van der Waals surface area contributed by atoms with Gasteiger partial charge in [0.25, 0.3) is 0 Å². The summed E-state index contributed by atoms with van der Waals surface area (Å²) in [5, 5.41) is 15.3. The average molecular weight is 452 g/mol. The second kappa shape index (κ2) is 10.7. The molecule has 1 aliphatic rings. The predicted octanol–water partition coefficient (Wildman–Crippen LogP) is 4.64. The molecule has 4 rings (SSSR count). The van der Waals surface area contributed by atoms with Crippen LogP contribution in [-0.2, 0) is 11.3 Å². The summed E-state index contributed by atoms with van der Waals surface area (Å²) in [6.45, 7) is 7.35. The number of benzene rings is 2. The average Bonchev–Trinajstić information content (AvgIpc) is 3.62. The highest BCUT2D eigenvalue weighted by Gasteiger charge is 2.32. The highest BCUT2D eigenvalue weighted by Crippen LogP contribution is 2.35. The second-order valence-corrected chi connectivity index (χ2v) is 8.31. The van der Waals surface area contributed by atoms with E-state index in [1.165, 1.54) is 12.1 Å². The van der Waals surface area contributed by atoms with Gasteiger partial charge in [0.1, 0.15) is 11.6 Å². The molecule has 174 valence electrons. The predicted molar refractivity (Wildman–Crippen MR) is 125 cm³/mol. The van der Waals surface area contributed by atoms with Crippen LogP contribution >= 0.6 is 0 Å². The molecule has 6 nitrogen and oxygen atoms in total. The van der Waals surface area contributed by atoms with Crippen molar-refractivity contribution in [3.8, 4) is 17.3 Å². The molecule has 1 N–H and O–H groups in total. The van der Waals surface area contributed by atoms with Crippen LogP contribution in [0.15, 0.2) is 67.3 Å². The van der Waals surface area contributed by atoms with Crippen LogP contribution in [0.2, 0.25) is 0 Å². The van der Waals surface area contributed by atoms with Crippen LogP contribution in [0.25, 0.3) is 5.69 Å². The van der Waals surface area contributed by atoms with Gasteiger partial charge < -0.3 is 14.6 Å². The number of aliphatic hydroxyl groups is 1. The lowest BCUT2D eigenvalue weighted by Crippen LogP contribution is -2.36. The molecule has 0 amide bonds. The van der Waals surface area contributed by atoms with Gasteiger partial charge in [-0.25, -0.2) is 9.07 Å². The van der Waals surface area contributed by atoms with E-state index >= 15 is 0 Å². The van der Waals surface area contributed by atoms with Crippen molar-refractivity contribution in [2.75, 3.05) is 19.8 Å². The number of nitrogens with zero attached hydrogens (tertiary/aromatic N) is 3. The van der Waals surface area contributed by atoms with Crippen molar-refractivity contribution in [3.63, 3.8) is 0 Å². The van der Waals surface area contributed by atoms with Gasteiger partial charge in [-0.05, 0) is 56.2 Å². The number of para-hydroxylation sites is 1. The standard InChI is InChI=1S/C26H30FN3O3/c1-3-15-32-18-23(31)16-29(21-11-12-21)17-25-19(2)28-30(22-7-5-4-6-8-22)26(25)33-24-13-9-20(27)10-14-24/h3-10,13-14,21,23,31H,1,11-12,15-18H2,2H3. The highest BCUT2D eigenvalue weighted by atomic mass is 19.1. The number of aryl methyl sites for hydroxylation is 1. The normalized spacial score (nSPS) is 14.4. The van der Waals surface area contributed by atoms with Gasteiger partial charge >= 0.3 is 0 Å². The summed E-state index contributed by atoms with van der Waals surface area (Å²) < 4.78 is 26.9. The van der Waals surface area contributed by atoms with Crippen LogP contribution in [-0.4, -0.2) is 51.7 Å². The van der Waals surface area contributed by atoms with Gasteiger partial charge in [0.15, 0.2) is 0 Å². The van der Waals surface area contributed by atoms with Crippen molar-refractivity contribution in [2.45, 2.75) is 38.5 Å². The van der Waals surface area contributed by atoms with E-state index in [1.807, 2.05) is 37.3 Å². The van der Waals surface area contributed by atoms with Crippen molar-refractivity contribution >= 4 is 0 Å². The molecule has 1 heterocycles. The molecular weight excluding hydrogens is 421 g/mol. The Bertz CT molecular complexity index is 1050. The van der Waals surface area contributed by atoms with E-state index in [-0.39, 0.29) is 12.4 Å². The van der Waals surface area contributed by atoms with Crippen LogP contribution in [0.1, 0.15) is 24.1 Å². The molecule has 1 saturated carbocycles. The molecular formula is C26H30FN3O3. The lowest BCUT2D eigenvalue weighted by molar-refractivity contribution is 0.0226. The van der Waals surface area contributed by atoms with Crippen molar-refractivity contribution < 1.29 is 19.0 Å². The maximum absolute atomic E-state index is 13.4. The van der Waals surface area contributed by atoms with Crippen LogP contribution in [0.5, 0.6) is 11.6 Å². The first-order valence-corrected chi connectivity index (χ1v) is 11.2. The zero-order valence-electron chi connectivity index (χ0n) is 18.9. The Morgan fingerprint density at radius 1 is 1.21 bits per heavy atom. The molecule has 0 radical (unpaired) electrons. The highest BCUT2D eigenvalue weighted by molar-refractivity contribution is 5.43. The van der Waals surface area contributed by atoms with Crippen LogP contribution in [0.3, 0.4) is 0 Å². The third-order valence-electron chi connectivity index (χ3n) is 5.58.